The molecule has 1 aliphatic heterocycles. The molecule has 1 nitrogen and oxygen atoms in total. The van der Waals surface area contributed by atoms with Crippen LogP contribution in [0, 0.1) is 17.6 Å². The Balaban J connectivity index is 1.75. The zero-order valence-electron chi connectivity index (χ0n) is 9.72. The number of hydrogen-bond donors (Lipinski definition) is 1. The molecule has 17 heavy (non-hydrogen) atoms. The van der Waals surface area contributed by atoms with Crippen LogP contribution in [0.15, 0.2) is 18.2 Å². The summed E-state index contributed by atoms with van der Waals surface area (Å²) in [5.74, 6) is 1.69. The molecule has 1 aromatic rings. The monoisotopic (exact) mass is 257 g/mol. The first-order valence-electron chi connectivity index (χ1n) is 5.98. The van der Waals surface area contributed by atoms with Gasteiger partial charge in [0.1, 0.15) is 0 Å². The van der Waals surface area contributed by atoms with Crippen LogP contribution in [-0.4, -0.2) is 18.1 Å². The summed E-state index contributed by atoms with van der Waals surface area (Å²) in [4.78, 5) is 0. The fraction of sp³-hybridized carbons (Fsp3) is 0.538. The second kappa shape index (κ2) is 6.36. The Morgan fingerprint density at radius 1 is 1.18 bits per heavy atom. The minimum atomic E-state index is -0.780. The summed E-state index contributed by atoms with van der Waals surface area (Å²) >= 11 is 2.01. The van der Waals surface area contributed by atoms with Crippen molar-refractivity contribution >= 4 is 11.8 Å². The van der Waals surface area contributed by atoms with Crippen molar-refractivity contribution in [1.29, 1.82) is 0 Å². The van der Waals surface area contributed by atoms with Gasteiger partial charge in [-0.05, 0) is 54.5 Å². The molecule has 0 aliphatic carbocycles. The number of benzene rings is 1. The largest absolute Gasteiger partial charge is 0.312 e. The predicted octanol–water partition coefficient (Wildman–Crippen LogP) is 3.20. The highest BCUT2D eigenvalue weighted by Gasteiger charge is 2.12. The Kier molecular flexibility index (Phi) is 4.80. The number of rotatable bonds is 4. The molecule has 1 aliphatic rings. The molecule has 2 rings (SSSR count). The lowest BCUT2D eigenvalue weighted by atomic mass is 10.0. The van der Waals surface area contributed by atoms with Crippen LogP contribution in [0.2, 0.25) is 0 Å². The van der Waals surface area contributed by atoms with E-state index < -0.39 is 11.6 Å². The fourth-order valence-electron chi connectivity index (χ4n) is 2.02. The van der Waals surface area contributed by atoms with E-state index in [1.807, 2.05) is 11.8 Å². The topological polar surface area (TPSA) is 12.0 Å². The van der Waals surface area contributed by atoms with Crippen LogP contribution < -0.4 is 5.32 Å². The van der Waals surface area contributed by atoms with Crippen molar-refractivity contribution < 1.29 is 8.78 Å². The second-order valence-corrected chi connectivity index (χ2v) is 5.66. The molecule has 0 saturated carbocycles. The first-order chi connectivity index (χ1) is 8.25. The third-order valence-corrected chi connectivity index (χ3v) is 4.14. The molecule has 0 atom stereocenters. The molecule has 94 valence electrons. The highest BCUT2D eigenvalue weighted by Crippen LogP contribution is 2.21. The van der Waals surface area contributed by atoms with Crippen LogP contribution in [0.1, 0.15) is 18.4 Å². The van der Waals surface area contributed by atoms with Crippen LogP contribution in [0.4, 0.5) is 8.78 Å². The van der Waals surface area contributed by atoms with Gasteiger partial charge in [0.05, 0.1) is 0 Å². The summed E-state index contributed by atoms with van der Waals surface area (Å²) in [6, 6.07) is 4.07. The summed E-state index contributed by atoms with van der Waals surface area (Å²) in [6.45, 7) is 1.58. The van der Waals surface area contributed by atoms with E-state index in [-0.39, 0.29) is 0 Å². The third kappa shape index (κ3) is 3.96. The van der Waals surface area contributed by atoms with E-state index >= 15 is 0 Å². The number of hydrogen-bond acceptors (Lipinski definition) is 2. The first kappa shape index (κ1) is 12.8. The predicted molar refractivity (Wildman–Crippen MR) is 68.1 cm³/mol. The summed E-state index contributed by atoms with van der Waals surface area (Å²) in [5.41, 5.74) is 0.800. The Bertz CT molecular complexity index is 364. The van der Waals surface area contributed by atoms with Crippen LogP contribution in [-0.2, 0) is 6.54 Å². The van der Waals surface area contributed by atoms with E-state index in [0.29, 0.717) is 6.54 Å². The average Bonchev–Trinajstić information content (AvgIpc) is 2.35. The van der Waals surface area contributed by atoms with E-state index in [0.717, 1.165) is 18.0 Å². The average molecular weight is 257 g/mol. The molecule has 0 bridgehead atoms. The van der Waals surface area contributed by atoms with Gasteiger partial charge in [0, 0.05) is 6.54 Å². The van der Waals surface area contributed by atoms with Gasteiger partial charge in [-0.25, -0.2) is 8.78 Å². The molecule has 1 aromatic carbocycles. The van der Waals surface area contributed by atoms with Crippen LogP contribution in [0.25, 0.3) is 0 Å². The second-order valence-electron chi connectivity index (χ2n) is 4.44. The van der Waals surface area contributed by atoms with Crippen molar-refractivity contribution in [3.8, 4) is 0 Å². The lowest BCUT2D eigenvalue weighted by molar-refractivity contribution is 0.446. The van der Waals surface area contributed by atoms with Crippen molar-refractivity contribution in [3.63, 3.8) is 0 Å². The quantitative estimate of drug-likeness (QED) is 0.889. The molecule has 1 fully saturated rings. The molecule has 1 saturated heterocycles. The zero-order chi connectivity index (χ0) is 12.1. The molecule has 0 spiro atoms. The van der Waals surface area contributed by atoms with E-state index in [1.165, 1.54) is 36.5 Å². The summed E-state index contributed by atoms with van der Waals surface area (Å²) < 4.78 is 25.7. The SMILES string of the molecule is Fc1ccc(CNCC2CCSCC2)cc1F. The van der Waals surface area contributed by atoms with E-state index in [2.05, 4.69) is 5.32 Å². The van der Waals surface area contributed by atoms with Gasteiger partial charge in [0.25, 0.3) is 0 Å². The maximum absolute atomic E-state index is 13.0. The Morgan fingerprint density at radius 3 is 2.65 bits per heavy atom. The molecule has 0 aromatic heterocycles. The summed E-state index contributed by atoms with van der Waals surface area (Å²) in [7, 11) is 0. The van der Waals surface area contributed by atoms with Gasteiger partial charge >= 0.3 is 0 Å². The Morgan fingerprint density at radius 2 is 1.94 bits per heavy atom. The lowest BCUT2D eigenvalue weighted by Crippen LogP contribution is -2.25. The van der Waals surface area contributed by atoms with Gasteiger partial charge < -0.3 is 5.32 Å². The van der Waals surface area contributed by atoms with Gasteiger partial charge in [0.15, 0.2) is 11.6 Å². The standard InChI is InChI=1S/C13H17F2NS/c14-12-2-1-11(7-13(12)15)9-16-8-10-3-5-17-6-4-10/h1-2,7,10,16H,3-6,8-9H2. The number of halogens is 2. The van der Waals surface area contributed by atoms with Crippen molar-refractivity contribution in [2.75, 3.05) is 18.1 Å². The highest BCUT2D eigenvalue weighted by molar-refractivity contribution is 7.99. The van der Waals surface area contributed by atoms with Gasteiger partial charge in [-0.1, -0.05) is 6.07 Å². The number of thioether (sulfide) groups is 1. The van der Waals surface area contributed by atoms with Crippen molar-refractivity contribution in [3.05, 3.63) is 35.4 Å². The molecule has 0 radical (unpaired) electrons. The van der Waals surface area contributed by atoms with E-state index in [1.54, 1.807) is 6.07 Å². The first-order valence-corrected chi connectivity index (χ1v) is 7.13. The van der Waals surface area contributed by atoms with Gasteiger partial charge in [-0.15, -0.1) is 0 Å². The molecule has 0 amide bonds. The maximum Gasteiger partial charge on any atom is 0.159 e. The molecule has 1 heterocycles. The van der Waals surface area contributed by atoms with Gasteiger partial charge in [0.2, 0.25) is 0 Å². The minimum absolute atomic E-state index is 0.612. The molecule has 0 unspecified atom stereocenters. The minimum Gasteiger partial charge on any atom is -0.312 e. The molecule has 1 N–H and O–H groups in total. The lowest BCUT2D eigenvalue weighted by Gasteiger charge is -2.21. The highest BCUT2D eigenvalue weighted by atomic mass is 32.2. The summed E-state index contributed by atoms with van der Waals surface area (Å²) in [6.07, 6.45) is 2.52. The van der Waals surface area contributed by atoms with Crippen LogP contribution in [0.3, 0.4) is 0 Å². The third-order valence-electron chi connectivity index (χ3n) is 3.09. The molecule has 4 heteroatoms. The van der Waals surface area contributed by atoms with Gasteiger partial charge in [-0.2, -0.15) is 11.8 Å². The van der Waals surface area contributed by atoms with E-state index in [9.17, 15) is 8.78 Å². The fourth-order valence-corrected chi connectivity index (χ4v) is 3.22. The normalized spacial score (nSPS) is 17.3. The molecular weight excluding hydrogens is 240 g/mol. The Labute approximate surface area is 105 Å². The van der Waals surface area contributed by atoms with Crippen molar-refractivity contribution in [1.82, 2.24) is 5.32 Å². The van der Waals surface area contributed by atoms with E-state index in [4.69, 9.17) is 0 Å². The summed E-state index contributed by atoms with van der Waals surface area (Å²) in [5, 5.41) is 3.32. The number of nitrogens with one attached hydrogen (secondary N) is 1. The zero-order valence-corrected chi connectivity index (χ0v) is 10.5. The van der Waals surface area contributed by atoms with Crippen LogP contribution in [0.5, 0.6) is 0 Å². The smallest absolute Gasteiger partial charge is 0.159 e. The Hall–Kier alpha value is -0.610. The maximum atomic E-state index is 13.0. The van der Waals surface area contributed by atoms with Crippen molar-refractivity contribution in [2.24, 2.45) is 5.92 Å². The van der Waals surface area contributed by atoms with Crippen molar-refractivity contribution in [2.45, 2.75) is 19.4 Å². The van der Waals surface area contributed by atoms with Gasteiger partial charge in [-0.3, -0.25) is 0 Å². The van der Waals surface area contributed by atoms with Crippen LogP contribution >= 0.6 is 11.8 Å². The molecular formula is C13H17F2NS.